The number of hydrogen-bond donors (Lipinski definition) is 0. The molecular formula is C14H18N2O2. The number of nitrogens with zero attached hydrogens (tertiary/aromatic N) is 2. The first-order valence-corrected chi connectivity index (χ1v) is 5.99. The molecule has 1 aliphatic rings. The maximum atomic E-state index is 12.0. The van der Waals surface area contributed by atoms with Crippen LogP contribution in [-0.4, -0.2) is 25.3 Å². The van der Waals surface area contributed by atoms with E-state index in [-0.39, 0.29) is 5.91 Å². The van der Waals surface area contributed by atoms with Gasteiger partial charge >= 0.3 is 0 Å². The number of methoxy groups -OCH3 is 1. The van der Waals surface area contributed by atoms with Crippen molar-refractivity contribution in [2.24, 2.45) is 5.10 Å². The molecule has 0 saturated carbocycles. The van der Waals surface area contributed by atoms with Gasteiger partial charge in [0.15, 0.2) is 0 Å². The topological polar surface area (TPSA) is 41.9 Å². The highest BCUT2D eigenvalue weighted by Gasteiger charge is 2.27. The van der Waals surface area contributed by atoms with E-state index in [1.165, 1.54) is 10.6 Å². The molecule has 0 aliphatic carbocycles. The van der Waals surface area contributed by atoms with Gasteiger partial charge in [0.1, 0.15) is 0 Å². The third-order valence-corrected chi connectivity index (χ3v) is 2.99. The second-order valence-electron chi connectivity index (χ2n) is 4.73. The van der Waals surface area contributed by atoms with Gasteiger partial charge in [-0.15, -0.1) is 0 Å². The van der Waals surface area contributed by atoms with Crippen molar-refractivity contribution in [1.82, 2.24) is 0 Å². The van der Waals surface area contributed by atoms with E-state index in [0.717, 1.165) is 22.5 Å². The molecule has 0 aromatic heterocycles. The number of hydrogen-bond acceptors (Lipinski definition) is 3. The van der Waals surface area contributed by atoms with Gasteiger partial charge < -0.3 is 4.74 Å². The molecule has 0 N–H and O–H groups in total. The zero-order chi connectivity index (χ0) is 13.3. The summed E-state index contributed by atoms with van der Waals surface area (Å²) in [5.41, 5.74) is 5.02. The Morgan fingerprint density at radius 1 is 1.28 bits per heavy atom. The Kier molecular flexibility index (Phi) is 3.48. The number of benzene rings is 1. The van der Waals surface area contributed by atoms with E-state index in [2.05, 4.69) is 24.2 Å². The predicted molar refractivity (Wildman–Crippen MR) is 72.1 cm³/mol. The Balaban J connectivity index is 2.40. The van der Waals surface area contributed by atoms with Crippen LogP contribution >= 0.6 is 0 Å². The summed E-state index contributed by atoms with van der Waals surface area (Å²) in [6.07, 6.45) is 0.348. The Morgan fingerprint density at radius 3 is 2.44 bits per heavy atom. The zero-order valence-corrected chi connectivity index (χ0v) is 11.3. The molecule has 18 heavy (non-hydrogen) atoms. The van der Waals surface area contributed by atoms with Gasteiger partial charge in [0.25, 0.3) is 5.91 Å². The molecule has 1 aromatic carbocycles. The molecule has 0 spiro atoms. The summed E-state index contributed by atoms with van der Waals surface area (Å²) in [6.45, 7) is 6.47. The number of aryl methyl sites for hydroxylation is 3. The largest absolute Gasteiger partial charge is 0.379 e. The van der Waals surface area contributed by atoms with Gasteiger partial charge in [0, 0.05) is 7.11 Å². The van der Waals surface area contributed by atoms with Gasteiger partial charge in [0.05, 0.1) is 24.4 Å². The van der Waals surface area contributed by atoms with Crippen molar-refractivity contribution in [2.45, 2.75) is 27.2 Å². The van der Waals surface area contributed by atoms with E-state index >= 15 is 0 Å². The van der Waals surface area contributed by atoms with E-state index in [1.54, 1.807) is 7.11 Å². The molecule has 0 saturated heterocycles. The highest BCUT2D eigenvalue weighted by atomic mass is 16.5. The molecule has 1 heterocycles. The third-order valence-electron chi connectivity index (χ3n) is 2.99. The van der Waals surface area contributed by atoms with Gasteiger partial charge in [-0.25, -0.2) is 0 Å². The molecule has 2 rings (SSSR count). The minimum Gasteiger partial charge on any atom is -0.379 e. The van der Waals surface area contributed by atoms with Gasteiger partial charge in [-0.05, 0) is 31.9 Å². The average molecular weight is 246 g/mol. The summed E-state index contributed by atoms with van der Waals surface area (Å²) in [7, 11) is 1.61. The minimum absolute atomic E-state index is 0.0112. The van der Waals surface area contributed by atoms with Crippen LogP contribution < -0.4 is 5.01 Å². The number of anilines is 1. The van der Waals surface area contributed by atoms with Gasteiger partial charge in [-0.3, -0.25) is 4.79 Å². The van der Waals surface area contributed by atoms with Crippen LogP contribution in [0.1, 0.15) is 23.1 Å². The van der Waals surface area contributed by atoms with Crippen LogP contribution in [0.5, 0.6) is 0 Å². The number of amides is 1. The highest BCUT2D eigenvalue weighted by molar-refractivity contribution is 6.13. The van der Waals surface area contributed by atoms with Crippen molar-refractivity contribution in [3.05, 3.63) is 28.8 Å². The van der Waals surface area contributed by atoms with Gasteiger partial charge in [-0.1, -0.05) is 17.7 Å². The minimum atomic E-state index is 0.0112. The lowest BCUT2D eigenvalue weighted by Crippen LogP contribution is -2.21. The van der Waals surface area contributed by atoms with Crippen molar-refractivity contribution >= 4 is 17.3 Å². The number of carbonyl (C=O) groups excluding carboxylic acids is 1. The second-order valence-corrected chi connectivity index (χ2v) is 4.73. The maximum Gasteiger partial charge on any atom is 0.253 e. The predicted octanol–water partition coefficient (Wildman–Crippen LogP) is 2.35. The summed E-state index contributed by atoms with van der Waals surface area (Å²) >= 11 is 0. The fourth-order valence-electron chi connectivity index (χ4n) is 2.41. The first-order valence-electron chi connectivity index (χ1n) is 5.99. The number of rotatable bonds is 3. The lowest BCUT2D eigenvalue weighted by molar-refractivity contribution is -0.116. The Bertz CT molecular complexity index is 498. The smallest absolute Gasteiger partial charge is 0.253 e. The highest BCUT2D eigenvalue weighted by Crippen LogP contribution is 2.29. The van der Waals surface area contributed by atoms with Gasteiger partial charge in [-0.2, -0.15) is 10.1 Å². The van der Waals surface area contributed by atoms with E-state index in [4.69, 9.17) is 4.74 Å². The van der Waals surface area contributed by atoms with Crippen LogP contribution in [0.2, 0.25) is 0 Å². The number of carbonyl (C=O) groups is 1. The molecule has 96 valence electrons. The summed E-state index contributed by atoms with van der Waals surface area (Å²) in [5.74, 6) is 0.0112. The summed E-state index contributed by atoms with van der Waals surface area (Å²) in [4.78, 5) is 12.0. The summed E-state index contributed by atoms with van der Waals surface area (Å²) in [5, 5.41) is 5.87. The fourth-order valence-corrected chi connectivity index (χ4v) is 2.41. The standard InChI is InChI=1S/C14H18N2O2/c1-9-5-10(2)14(11(3)6-9)16-13(17)7-12(15-16)8-18-4/h5-6H,7-8H2,1-4H3. The molecule has 0 bridgehead atoms. The Labute approximate surface area is 107 Å². The summed E-state index contributed by atoms with van der Waals surface area (Å²) < 4.78 is 5.03. The second kappa shape index (κ2) is 4.90. The molecule has 0 fully saturated rings. The monoisotopic (exact) mass is 246 g/mol. The molecule has 0 unspecified atom stereocenters. The van der Waals surface area contributed by atoms with Crippen molar-refractivity contribution in [2.75, 3.05) is 18.7 Å². The number of hydrazone groups is 1. The van der Waals surface area contributed by atoms with Crippen LogP contribution in [0, 0.1) is 20.8 Å². The normalized spacial score (nSPS) is 15.2. The Morgan fingerprint density at radius 2 is 1.89 bits per heavy atom. The maximum absolute atomic E-state index is 12.0. The van der Waals surface area contributed by atoms with Gasteiger partial charge in [0.2, 0.25) is 0 Å². The molecule has 0 atom stereocenters. The van der Waals surface area contributed by atoms with Crippen LogP contribution in [-0.2, 0) is 9.53 Å². The lowest BCUT2D eigenvalue weighted by Gasteiger charge is -2.18. The van der Waals surface area contributed by atoms with Crippen LogP contribution in [0.3, 0.4) is 0 Å². The van der Waals surface area contributed by atoms with Crippen molar-refractivity contribution in [1.29, 1.82) is 0 Å². The third kappa shape index (κ3) is 2.29. The number of ether oxygens (including phenoxy) is 1. The zero-order valence-electron chi connectivity index (χ0n) is 11.3. The van der Waals surface area contributed by atoms with Crippen molar-refractivity contribution < 1.29 is 9.53 Å². The molecule has 4 nitrogen and oxygen atoms in total. The Hall–Kier alpha value is -1.68. The molecule has 1 amide bonds. The molecule has 1 aromatic rings. The van der Waals surface area contributed by atoms with Crippen molar-refractivity contribution in [3.63, 3.8) is 0 Å². The molecular weight excluding hydrogens is 228 g/mol. The molecule has 1 aliphatic heterocycles. The van der Waals surface area contributed by atoms with Crippen molar-refractivity contribution in [3.8, 4) is 0 Å². The van der Waals surface area contributed by atoms with E-state index in [9.17, 15) is 4.79 Å². The molecule has 4 heteroatoms. The van der Waals surface area contributed by atoms with E-state index in [1.807, 2.05) is 13.8 Å². The first-order chi connectivity index (χ1) is 8.52. The van der Waals surface area contributed by atoms with Crippen LogP contribution in [0.25, 0.3) is 0 Å². The molecule has 0 radical (unpaired) electrons. The summed E-state index contributed by atoms with van der Waals surface area (Å²) in [6, 6.07) is 4.14. The van der Waals surface area contributed by atoms with E-state index < -0.39 is 0 Å². The lowest BCUT2D eigenvalue weighted by atomic mass is 10.0. The fraction of sp³-hybridized carbons (Fsp3) is 0.429. The average Bonchev–Trinajstić information content (AvgIpc) is 2.59. The quantitative estimate of drug-likeness (QED) is 0.821. The van der Waals surface area contributed by atoms with Crippen LogP contribution in [0.4, 0.5) is 5.69 Å². The first kappa shape index (κ1) is 12.8. The SMILES string of the molecule is COCC1=NN(c2c(C)cc(C)cc2C)C(=O)C1. The van der Waals surface area contributed by atoms with E-state index in [0.29, 0.717) is 13.0 Å². The van der Waals surface area contributed by atoms with Crippen LogP contribution in [0.15, 0.2) is 17.2 Å².